The minimum atomic E-state index is -1.04. The molecule has 0 aliphatic carbocycles. The molecule has 16 heavy (non-hydrogen) atoms. The Morgan fingerprint density at radius 1 is 1.56 bits per heavy atom. The second-order valence-corrected chi connectivity index (χ2v) is 3.83. The van der Waals surface area contributed by atoms with E-state index in [9.17, 15) is 9.59 Å². The van der Waals surface area contributed by atoms with E-state index in [0.29, 0.717) is 6.42 Å². The Morgan fingerprint density at radius 2 is 2.31 bits per heavy atom. The average molecular weight is 220 g/mol. The van der Waals surface area contributed by atoms with Gasteiger partial charge in [0, 0.05) is 12.1 Å². The van der Waals surface area contributed by atoms with E-state index in [1.54, 1.807) is 6.07 Å². The molecule has 4 N–H and O–H groups in total. The predicted octanol–water partition coefficient (Wildman–Crippen LogP) is 0.136. The fourth-order valence-corrected chi connectivity index (χ4v) is 1.81. The van der Waals surface area contributed by atoms with Gasteiger partial charge in [0.2, 0.25) is 5.91 Å². The molecule has 0 saturated heterocycles. The number of para-hydroxylation sites is 1. The number of nitrogens with one attached hydrogen (secondary N) is 1. The molecule has 1 aliphatic heterocycles. The number of anilines is 1. The molecule has 0 aromatic heterocycles. The van der Waals surface area contributed by atoms with Crippen LogP contribution in [0.15, 0.2) is 18.2 Å². The molecule has 5 nitrogen and oxygen atoms in total. The molecule has 1 unspecified atom stereocenters. The smallest absolute Gasteiger partial charge is 0.320 e. The van der Waals surface area contributed by atoms with Crippen LogP contribution in [-0.2, 0) is 22.4 Å². The van der Waals surface area contributed by atoms with Crippen molar-refractivity contribution < 1.29 is 14.7 Å². The highest BCUT2D eigenvalue weighted by molar-refractivity contribution is 6.00. The molecule has 0 spiro atoms. The first-order valence-corrected chi connectivity index (χ1v) is 4.97. The first kappa shape index (κ1) is 10.6. The monoisotopic (exact) mass is 220 g/mol. The molecule has 1 aromatic carbocycles. The Balaban J connectivity index is 2.27. The van der Waals surface area contributed by atoms with Crippen LogP contribution >= 0.6 is 0 Å². The van der Waals surface area contributed by atoms with Gasteiger partial charge in [0.15, 0.2) is 0 Å². The van der Waals surface area contributed by atoms with E-state index in [1.807, 2.05) is 12.1 Å². The van der Waals surface area contributed by atoms with Crippen LogP contribution in [0.3, 0.4) is 0 Å². The van der Waals surface area contributed by atoms with Gasteiger partial charge in [-0.05, 0) is 11.1 Å². The molecule has 5 heteroatoms. The predicted molar refractivity (Wildman–Crippen MR) is 58.1 cm³/mol. The summed E-state index contributed by atoms with van der Waals surface area (Å²) in [6.45, 7) is 0. The topological polar surface area (TPSA) is 92.4 Å². The SMILES string of the molecule is NC(Cc1cccc2c1NC(=O)C2)C(=O)O. The highest BCUT2D eigenvalue weighted by Gasteiger charge is 2.22. The lowest BCUT2D eigenvalue weighted by Gasteiger charge is -2.10. The molecule has 1 aliphatic rings. The van der Waals surface area contributed by atoms with Crippen molar-refractivity contribution in [3.8, 4) is 0 Å². The van der Waals surface area contributed by atoms with E-state index in [0.717, 1.165) is 16.8 Å². The molecule has 0 fully saturated rings. The lowest BCUT2D eigenvalue weighted by Crippen LogP contribution is -2.32. The summed E-state index contributed by atoms with van der Waals surface area (Å²) in [5.74, 6) is -1.10. The third kappa shape index (κ3) is 1.90. The number of rotatable bonds is 3. The van der Waals surface area contributed by atoms with Gasteiger partial charge in [-0.1, -0.05) is 18.2 Å². The number of carbonyl (C=O) groups excluding carboxylic acids is 1. The van der Waals surface area contributed by atoms with Gasteiger partial charge in [0.05, 0.1) is 6.42 Å². The van der Waals surface area contributed by atoms with Crippen molar-refractivity contribution in [2.75, 3.05) is 5.32 Å². The van der Waals surface area contributed by atoms with Gasteiger partial charge in [-0.25, -0.2) is 0 Å². The number of fused-ring (bicyclic) bond motifs is 1. The number of carboxylic acid groups (broad SMARTS) is 1. The number of nitrogens with two attached hydrogens (primary N) is 1. The largest absolute Gasteiger partial charge is 0.480 e. The van der Waals surface area contributed by atoms with Gasteiger partial charge in [-0.15, -0.1) is 0 Å². The van der Waals surface area contributed by atoms with Gasteiger partial charge >= 0.3 is 5.97 Å². The summed E-state index contributed by atoms with van der Waals surface area (Å²) >= 11 is 0. The first-order chi connectivity index (χ1) is 7.58. The summed E-state index contributed by atoms with van der Waals surface area (Å²) in [5, 5.41) is 11.5. The zero-order chi connectivity index (χ0) is 11.7. The second-order valence-electron chi connectivity index (χ2n) is 3.83. The van der Waals surface area contributed by atoms with Crippen molar-refractivity contribution >= 4 is 17.6 Å². The molecule has 1 amide bonds. The number of hydrogen-bond acceptors (Lipinski definition) is 3. The minimum absolute atomic E-state index is 0.0636. The zero-order valence-corrected chi connectivity index (χ0v) is 8.56. The molecule has 0 bridgehead atoms. The maximum Gasteiger partial charge on any atom is 0.320 e. The third-order valence-corrected chi connectivity index (χ3v) is 2.61. The van der Waals surface area contributed by atoms with Crippen molar-refractivity contribution in [3.63, 3.8) is 0 Å². The lowest BCUT2D eigenvalue weighted by molar-refractivity contribution is -0.138. The van der Waals surface area contributed by atoms with Crippen molar-refractivity contribution in [1.82, 2.24) is 0 Å². The second kappa shape index (κ2) is 3.94. The number of carbonyl (C=O) groups is 2. The fourth-order valence-electron chi connectivity index (χ4n) is 1.81. The van der Waals surface area contributed by atoms with Crippen LogP contribution in [0.4, 0.5) is 5.69 Å². The van der Waals surface area contributed by atoms with Crippen molar-refractivity contribution in [2.24, 2.45) is 5.73 Å². The summed E-state index contributed by atoms with van der Waals surface area (Å²) < 4.78 is 0. The van der Waals surface area contributed by atoms with Gasteiger partial charge in [0.1, 0.15) is 6.04 Å². The number of amides is 1. The molecule has 0 saturated carbocycles. The van der Waals surface area contributed by atoms with Gasteiger partial charge < -0.3 is 16.2 Å². The number of benzene rings is 1. The first-order valence-electron chi connectivity index (χ1n) is 4.97. The van der Waals surface area contributed by atoms with Crippen LogP contribution in [0.2, 0.25) is 0 Å². The number of aliphatic carboxylic acids is 1. The summed E-state index contributed by atoms with van der Waals surface area (Å²) in [6, 6.07) is 4.50. The van der Waals surface area contributed by atoms with Gasteiger partial charge in [-0.2, -0.15) is 0 Å². The van der Waals surface area contributed by atoms with E-state index in [1.165, 1.54) is 0 Å². The third-order valence-electron chi connectivity index (χ3n) is 2.61. The summed E-state index contributed by atoms with van der Waals surface area (Å²) in [7, 11) is 0. The lowest BCUT2D eigenvalue weighted by atomic mass is 10.0. The number of hydrogen-bond donors (Lipinski definition) is 3. The number of carboxylic acids is 1. The Morgan fingerprint density at radius 3 is 3.00 bits per heavy atom. The van der Waals surface area contributed by atoms with E-state index in [-0.39, 0.29) is 12.3 Å². The zero-order valence-electron chi connectivity index (χ0n) is 8.56. The van der Waals surface area contributed by atoms with Crippen LogP contribution in [0, 0.1) is 0 Å². The average Bonchev–Trinajstić information content (AvgIpc) is 2.59. The molecule has 1 atom stereocenters. The standard InChI is InChI=1S/C11H12N2O3/c12-8(11(15)16)4-6-2-1-3-7-5-9(14)13-10(6)7/h1-3,8H,4-5,12H2,(H,13,14)(H,15,16). The molecule has 1 heterocycles. The Labute approximate surface area is 92.3 Å². The van der Waals surface area contributed by atoms with Crippen molar-refractivity contribution in [2.45, 2.75) is 18.9 Å². The van der Waals surface area contributed by atoms with Gasteiger partial charge in [0.25, 0.3) is 0 Å². The summed E-state index contributed by atoms with van der Waals surface area (Å²) in [4.78, 5) is 21.9. The van der Waals surface area contributed by atoms with Crippen LogP contribution in [0.5, 0.6) is 0 Å². The molecular weight excluding hydrogens is 208 g/mol. The quantitative estimate of drug-likeness (QED) is 0.675. The minimum Gasteiger partial charge on any atom is -0.480 e. The molecule has 1 aromatic rings. The Hall–Kier alpha value is -1.88. The molecule has 2 rings (SSSR count). The molecule has 84 valence electrons. The van der Waals surface area contributed by atoms with Crippen LogP contribution < -0.4 is 11.1 Å². The van der Waals surface area contributed by atoms with E-state index < -0.39 is 12.0 Å². The highest BCUT2D eigenvalue weighted by Crippen LogP contribution is 2.27. The fraction of sp³-hybridized carbons (Fsp3) is 0.273. The maximum atomic E-state index is 11.2. The van der Waals surface area contributed by atoms with Crippen molar-refractivity contribution in [3.05, 3.63) is 29.3 Å². The normalized spacial score (nSPS) is 15.4. The Bertz CT molecular complexity index is 457. The van der Waals surface area contributed by atoms with Crippen molar-refractivity contribution in [1.29, 1.82) is 0 Å². The Kier molecular flexibility index (Phi) is 2.62. The highest BCUT2D eigenvalue weighted by atomic mass is 16.4. The van der Waals surface area contributed by atoms with Crippen LogP contribution in [-0.4, -0.2) is 23.0 Å². The van der Waals surface area contributed by atoms with Crippen LogP contribution in [0.1, 0.15) is 11.1 Å². The molecule has 0 radical (unpaired) electrons. The van der Waals surface area contributed by atoms with E-state index >= 15 is 0 Å². The van der Waals surface area contributed by atoms with Crippen LogP contribution in [0.25, 0.3) is 0 Å². The summed E-state index contributed by atoms with van der Waals surface area (Å²) in [5.41, 5.74) is 7.87. The maximum absolute atomic E-state index is 11.2. The van der Waals surface area contributed by atoms with E-state index in [2.05, 4.69) is 5.32 Å². The van der Waals surface area contributed by atoms with Gasteiger partial charge in [-0.3, -0.25) is 9.59 Å². The summed E-state index contributed by atoms with van der Waals surface area (Å²) in [6.07, 6.45) is 0.574. The van der Waals surface area contributed by atoms with E-state index in [4.69, 9.17) is 10.8 Å². The molecular formula is C11H12N2O3.